The maximum Gasteiger partial charge on any atom is 0.0508 e. The highest BCUT2D eigenvalue weighted by Crippen LogP contribution is 2.15. The van der Waals surface area contributed by atoms with Crippen LogP contribution in [0.25, 0.3) is 0 Å². The second-order valence-corrected chi connectivity index (χ2v) is 6.29. The molecule has 0 saturated carbocycles. The molecule has 0 radical (unpaired) electrons. The second-order valence-electron chi connectivity index (χ2n) is 6.29. The van der Waals surface area contributed by atoms with Gasteiger partial charge in [0.05, 0.1) is 6.67 Å². The molecule has 0 aromatic rings. The first kappa shape index (κ1) is 13.3. The molecule has 0 unspecified atom stereocenters. The van der Waals surface area contributed by atoms with Crippen molar-refractivity contribution in [3.8, 4) is 0 Å². The third-order valence-electron chi connectivity index (χ3n) is 3.93. The molecule has 0 spiro atoms. The van der Waals surface area contributed by atoms with Crippen molar-refractivity contribution in [2.45, 2.75) is 26.3 Å². The zero-order chi connectivity index (χ0) is 12.3. The van der Waals surface area contributed by atoms with E-state index in [-0.39, 0.29) is 0 Å². The Labute approximate surface area is 106 Å². The van der Waals surface area contributed by atoms with Crippen molar-refractivity contribution in [1.29, 1.82) is 0 Å². The molecule has 2 saturated heterocycles. The SMILES string of the molecule is CC(C)(C)N1CCN(CN2CCNCC2)CC1. The average Bonchev–Trinajstić information content (AvgIpc) is 2.30. The first-order chi connectivity index (χ1) is 8.05. The number of hydrogen-bond acceptors (Lipinski definition) is 4. The van der Waals surface area contributed by atoms with E-state index >= 15 is 0 Å². The van der Waals surface area contributed by atoms with E-state index in [4.69, 9.17) is 0 Å². The molecule has 4 nitrogen and oxygen atoms in total. The summed E-state index contributed by atoms with van der Waals surface area (Å²) in [7, 11) is 0. The Morgan fingerprint density at radius 2 is 1.35 bits per heavy atom. The van der Waals surface area contributed by atoms with Crippen LogP contribution in [0, 0.1) is 0 Å². The van der Waals surface area contributed by atoms with Crippen molar-refractivity contribution >= 4 is 0 Å². The predicted molar refractivity (Wildman–Crippen MR) is 72.2 cm³/mol. The molecule has 0 aromatic heterocycles. The number of nitrogens with one attached hydrogen (secondary N) is 1. The van der Waals surface area contributed by atoms with E-state index in [1.807, 2.05) is 0 Å². The topological polar surface area (TPSA) is 21.8 Å². The zero-order valence-corrected chi connectivity index (χ0v) is 11.7. The Bertz CT molecular complexity index is 222. The van der Waals surface area contributed by atoms with E-state index in [1.54, 1.807) is 0 Å². The maximum atomic E-state index is 3.41. The van der Waals surface area contributed by atoms with E-state index in [2.05, 4.69) is 40.8 Å². The van der Waals surface area contributed by atoms with Crippen molar-refractivity contribution in [2.75, 3.05) is 59.0 Å². The lowest BCUT2D eigenvalue weighted by molar-refractivity contribution is 0.0304. The van der Waals surface area contributed by atoms with Crippen LogP contribution < -0.4 is 5.32 Å². The second kappa shape index (κ2) is 5.65. The minimum Gasteiger partial charge on any atom is -0.314 e. The van der Waals surface area contributed by atoms with Crippen LogP contribution >= 0.6 is 0 Å². The summed E-state index contributed by atoms with van der Waals surface area (Å²) in [6.07, 6.45) is 0. The molecule has 2 heterocycles. The Hall–Kier alpha value is -0.160. The fraction of sp³-hybridized carbons (Fsp3) is 1.00. The molecule has 100 valence electrons. The third kappa shape index (κ3) is 3.91. The monoisotopic (exact) mass is 240 g/mol. The van der Waals surface area contributed by atoms with Crippen LogP contribution in [-0.2, 0) is 0 Å². The standard InChI is InChI=1S/C13H28N4/c1-13(2,3)17-10-8-16(9-11-17)12-15-6-4-14-5-7-15/h14H,4-12H2,1-3H3. The molecule has 0 aromatic carbocycles. The van der Waals surface area contributed by atoms with Gasteiger partial charge in [-0.15, -0.1) is 0 Å². The fourth-order valence-corrected chi connectivity index (χ4v) is 2.70. The van der Waals surface area contributed by atoms with E-state index in [1.165, 1.54) is 45.9 Å². The van der Waals surface area contributed by atoms with Crippen LogP contribution in [0.2, 0.25) is 0 Å². The molecule has 2 fully saturated rings. The Morgan fingerprint density at radius 3 is 1.88 bits per heavy atom. The number of rotatable bonds is 2. The largest absolute Gasteiger partial charge is 0.314 e. The minimum atomic E-state index is 0.334. The normalized spacial score (nSPS) is 26.3. The quantitative estimate of drug-likeness (QED) is 0.748. The molecular weight excluding hydrogens is 212 g/mol. The van der Waals surface area contributed by atoms with Crippen LogP contribution in [0.5, 0.6) is 0 Å². The van der Waals surface area contributed by atoms with Crippen LogP contribution in [0.3, 0.4) is 0 Å². The lowest BCUT2D eigenvalue weighted by Crippen LogP contribution is -2.56. The summed E-state index contributed by atoms with van der Waals surface area (Å²) in [6, 6.07) is 0. The first-order valence-electron chi connectivity index (χ1n) is 6.96. The van der Waals surface area contributed by atoms with Crippen LogP contribution in [0.4, 0.5) is 0 Å². The van der Waals surface area contributed by atoms with Gasteiger partial charge < -0.3 is 5.32 Å². The summed E-state index contributed by atoms with van der Waals surface area (Å²) < 4.78 is 0. The highest BCUT2D eigenvalue weighted by atomic mass is 15.4. The van der Waals surface area contributed by atoms with Crippen LogP contribution in [0.15, 0.2) is 0 Å². The molecular formula is C13H28N4. The molecule has 17 heavy (non-hydrogen) atoms. The Morgan fingerprint density at radius 1 is 0.824 bits per heavy atom. The minimum absolute atomic E-state index is 0.334. The molecule has 2 aliphatic rings. The molecule has 0 atom stereocenters. The highest BCUT2D eigenvalue weighted by molar-refractivity contribution is 4.82. The van der Waals surface area contributed by atoms with Gasteiger partial charge in [-0.25, -0.2) is 0 Å². The number of piperazine rings is 2. The Kier molecular flexibility index (Phi) is 4.42. The Balaban J connectivity index is 1.71. The van der Waals surface area contributed by atoms with E-state index in [0.717, 1.165) is 13.1 Å². The number of nitrogens with zero attached hydrogens (tertiary/aromatic N) is 3. The van der Waals surface area contributed by atoms with E-state index < -0.39 is 0 Å². The summed E-state index contributed by atoms with van der Waals surface area (Å²) in [5.41, 5.74) is 0.334. The van der Waals surface area contributed by atoms with Gasteiger partial charge in [0.2, 0.25) is 0 Å². The highest BCUT2D eigenvalue weighted by Gasteiger charge is 2.26. The molecule has 4 heteroatoms. The van der Waals surface area contributed by atoms with Gasteiger partial charge >= 0.3 is 0 Å². The third-order valence-corrected chi connectivity index (χ3v) is 3.93. The molecule has 1 N–H and O–H groups in total. The summed E-state index contributed by atoms with van der Waals surface area (Å²) in [5.74, 6) is 0. The van der Waals surface area contributed by atoms with E-state index in [9.17, 15) is 0 Å². The average molecular weight is 240 g/mol. The molecule has 2 rings (SSSR count). The van der Waals surface area contributed by atoms with Gasteiger partial charge in [-0.1, -0.05) is 0 Å². The van der Waals surface area contributed by atoms with Gasteiger partial charge in [0.15, 0.2) is 0 Å². The van der Waals surface area contributed by atoms with Gasteiger partial charge in [-0.2, -0.15) is 0 Å². The lowest BCUT2D eigenvalue weighted by atomic mass is 10.1. The predicted octanol–water partition coefficient (Wildman–Crippen LogP) is 0.265. The van der Waals surface area contributed by atoms with Gasteiger partial charge in [-0.3, -0.25) is 14.7 Å². The smallest absolute Gasteiger partial charge is 0.0508 e. The van der Waals surface area contributed by atoms with E-state index in [0.29, 0.717) is 5.54 Å². The summed E-state index contributed by atoms with van der Waals surface area (Å²) in [6.45, 7) is 17.7. The number of hydrogen-bond donors (Lipinski definition) is 1. The molecule has 0 amide bonds. The van der Waals surface area contributed by atoms with Crippen molar-refractivity contribution in [2.24, 2.45) is 0 Å². The summed E-state index contributed by atoms with van der Waals surface area (Å²) >= 11 is 0. The molecule has 0 aliphatic carbocycles. The fourth-order valence-electron chi connectivity index (χ4n) is 2.70. The van der Waals surface area contributed by atoms with Crippen molar-refractivity contribution < 1.29 is 0 Å². The van der Waals surface area contributed by atoms with Gasteiger partial charge in [0.1, 0.15) is 0 Å². The van der Waals surface area contributed by atoms with Crippen molar-refractivity contribution in [1.82, 2.24) is 20.0 Å². The summed E-state index contributed by atoms with van der Waals surface area (Å²) in [4.78, 5) is 7.78. The van der Waals surface area contributed by atoms with Crippen molar-refractivity contribution in [3.05, 3.63) is 0 Å². The zero-order valence-electron chi connectivity index (χ0n) is 11.7. The van der Waals surface area contributed by atoms with Gasteiger partial charge in [-0.05, 0) is 20.8 Å². The molecule has 2 aliphatic heterocycles. The lowest BCUT2D eigenvalue weighted by Gasteiger charge is -2.43. The van der Waals surface area contributed by atoms with Crippen LogP contribution in [0.1, 0.15) is 20.8 Å². The van der Waals surface area contributed by atoms with Gasteiger partial charge in [0, 0.05) is 57.9 Å². The van der Waals surface area contributed by atoms with Gasteiger partial charge in [0.25, 0.3) is 0 Å². The first-order valence-corrected chi connectivity index (χ1v) is 6.96. The summed E-state index contributed by atoms with van der Waals surface area (Å²) in [5, 5.41) is 3.41. The molecule has 0 bridgehead atoms. The van der Waals surface area contributed by atoms with Crippen LogP contribution in [-0.4, -0.2) is 79.3 Å². The van der Waals surface area contributed by atoms with Crippen molar-refractivity contribution in [3.63, 3.8) is 0 Å². The maximum absolute atomic E-state index is 3.41.